The van der Waals surface area contributed by atoms with E-state index >= 15 is 0 Å². The van der Waals surface area contributed by atoms with E-state index in [4.69, 9.17) is 5.73 Å². The summed E-state index contributed by atoms with van der Waals surface area (Å²) in [5, 5.41) is 7.23. The smallest absolute Gasteiger partial charge is 0.188 e. The standard InChI is InChI=1S/C11H21N5.HI/c1-4-9(2)15-11(12)13-7-5-10-6-8-14-16(10)3;/h6,8-9H,4-5,7H2,1-3H3,(H3,12,13,15);1H. The number of rotatable bonds is 5. The van der Waals surface area contributed by atoms with E-state index in [1.807, 2.05) is 17.8 Å². The molecular weight excluding hydrogens is 329 g/mol. The Hall–Kier alpha value is -0.790. The van der Waals surface area contributed by atoms with E-state index in [-0.39, 0.29) is 24.0 Å². The maximum Gasteiger partial charge on any atom is 0.188 e. The Bertz CT molecular complexity index is 347. The summed E-state index contributed by atoms with van der Waals surface area (Å²) in [7, 11) is 1.93. The summed E-state index contributed by atoms with van der Waals surface area (Å²) in [6.07, 6.45) is 3.69. The normalized spacial score (nSPS) is 13.0. The van der Waals surface area contributed by atoms with Crippen LogP contribution in [-0.2, 0) is 13.5 Å². The van der Waals surface area contributed by atoms with Crippen LogP contribution in [0.25, 0.3) is 0 Å². The minimum atomic E-state index is 0. The monoisotopic (exact) mass is 351 g/mol. The van der Waals surface area contributed by atoms with Crippen LogP contribution in [0.5, 0.6) is 0 Å². The maximum absolute atomic E-state index is 5.74. The fourth-order valence-electron chi connectivity index (χ4n) is 1.34. The maximum atomic E-state index is 5.74. The molecule has 0 aliphatic carbocycles. The second-order valence-corrected chi connectivity index (χ2v) is 3.92. The average molecular weight is 351 g/mol. The van der Waals surface area contributed by atoms with Crippen molar-refractivity contribution >= 4 is 29.9 Å². The first-order chi connectivity index (χ1) is 7.63. The van der Waals surface area contributed by atoms with Gasteiger partial charge in [-0.25, -0.2) is 0 Å². The van der Waals surface area contributed by atoms with Crippen LogP contribution in [0.15, 0.2) is 17.3 Å². The number of guanidine groups is 1. The van der Waals surface area contributed by atoms with Crippen molar-refractivity contribution in [3.63, 3.8) is 0 Å². The molecule has 0 fully saturated rings. The summed E-state index contributed by atoms with van der Waals surface area (Å²) in [4.78, 5) is 4.27. The van der Waals surface area contributed by atoms with E-state index in [0.29, 0.717) is 18.5 Å². The van der Waals surface area contributed by atoms with Crippen LogP contribution in [-0.4, -0.2) is 28.3 Å². The van der Waals surface area contributed by atoms with Crippen LogP contribution in [0, 0.1) is 0 Å². The molecule has 1 rings (SSSR count). The van der Waals surface area contributed by atoms with Gasteiger partial charge in [-0.05, 0) is 19.4 Å². The van der Waals surface area contributed by atoms with Gasteiger partial charge in [0.15, 0.2) is 5.96 Å². The lowest BCUT2D eigenvalue weighted by atomic mass is 10.3. The predicted molar refractivity (Wildman–Crippen MR) is 81.7 cm³/mol. The van der Waals surface area contributed by atoms with Crippen LogP contribution in [0.1, 0.15) is 26.0 Å². The molecule has 0 saturated carbocycles. The minimum absolute atomic E-state index is 0. The SMILES string of the molecule is CCC(C)NC(N)=NCCc1ccnn1C.I. The molecule has 0 aromatic carbocycles. The Morgan fingerprint density at radius 2 is 2.35 bits per heavy atom. The molecule has 0 radical (unpaired) electrons. The molecule has 5 nitrogen and oxygen atoms in total. The highest BCUT2D eigenvalue weighted by molar-refractivity contribution is 14.0. The Kier molecular flexibility index (Phi) is 7.94. The van der Waals surface area contributed by atoms with E-state index in [2.05, 4.69) is 29.3 Å². The number of aliphatic imine (C=N–C) groups is 1. The molecule has 98 valence electrons. The third kappa shape index (κ3) is 5.90. The third-order valence-corrected chi connectivity index (χ3v) is 2.58. The number of halogens is 1. The van der Waals surface area contributed by atoms with Crippen LogP contribution in [0.3, 0.4) is 0 Å². The largest absolute Gasteiger partial charge is 0.370 e. The highest BCUT2D eigenvalue weighted by atomic mass is 127. The topological polar surface area (TPSA) is 68.2 Å². The van der Waals surface area contributed by atoms with Crippen molar-refractivity contribution in [3.8, 4) is 0 Å². The second-order valence-electron chi connectivity index (χ2n) is 3.92. The van der Waals surface area contributed by atoms with Gasteiger partial charge in [-0.15, -0.1) is 24.0 Å². The van der Waals surface area contributed by atoms with Gasteiger partial charge >= 0.3 is 0 Å². The first-order valence-electron chi connectivity index (χ1n) is 5.66. The molecule has 1 aromatic rings. The van der Waals surface area contributed by atoms with Gasteiger partial charge in [0.1, 0.15) is 0 Å². The summed E-state index contributed by atoms with van der Waals surface area (Å²) in [5.74, 6) is 0.525. The quantitative estimate of drug-likeness (QED) is 0.477. The Morgan fingerprint density at radius 1 is 1.65 bits per heavy atom. The van der Waals surface area contributed by atoms with Crippen molar-refractivity contribution in [2.45, 2.75) is 32.7 Å². The summed E-state index contributed by atoms with van der Waals surface area (Å²) in [5.41, 5.74) is 6.91. The fourth-order valence-corrected chi connectivity index (χ4v) is 1.34. The Labute approximate surface area is 120 Å². The second kappa shape index (κ2) is 8.32. The van der Waals surface area contributed by atoms with Gasteiger partial charge in [-0.1, -0.05) is 6.92 Å². The molecule has 3 N–H and O–H groups in total. The number of nitrogens with zero attached hydrogens (tertiary/aromatic N) is 3. The van der Waals surface area contributed by atoms with E-state index < -0.39 is 0 Å². The van der Waals surface area contributed by atoms with Gasteiger partial charge in [0.05, 0.1) is 0 Å². The molecule has 0 saturated heterocycles. The van der Waals surface area contributed by atoms with Gasteiger partial charge in [0, 0.05) is 37.9 Å². The highest BCUT2D eigenvalue weighted by Gasteiger charge is 2.00. The van der Waals surface area contributed by atoms with E-state index in [1.54, 1.807) is 6.20 Å². The lowest BCUT2D eigenvalue weighted by molar-refractivity contribution is 0.635. The van der Waals surface area contributed by atoms with Crippen molar-refractivity contribution in [2.24, 2.45) is 17.8 Å². The zero-order valence-corrected chi connectivity index (χ0v) is 13.0. The van der Waals surface area contributed by atoms with Crippen molar-refractivity contribution in [1.29, 1.82) is 0 Å². The van der Waals surface area contributed by atoms with Crippen LogP contribution in [0.4, 0.5) is 0 Å². The third-order valence-electron chi connectivity index (χ3n) is 2.58. The van der Waals surface area contributed by atoms with E-state index in [9.17, 15) is 0 Å². The molecule has 1 aromatic heterocycles. The average Bonchev–Trinajstić information content (AvgIpc) is 2.64. The molecule has 1 atom stereocenters. The molecule has 0 spiro atoms. The summed E-state index contributed by atoms with van der Waals surface area (Å²) in [6, 6.07) is 2.37. The Morgan fingerprint density at radius 3 is 2.88 bits per heavy atom. The molecular formula is C11H22IN5. The first kappa shape index (κ1) is 16.2. The molecule has 0 aliphatic rings. The number of hydrogen-bond acceptors (Lipinski definition) is 2. The number of aromatic nitrogens is 2. The van der Waals surface area contributed by atoms with Crippen molar-refractivity contribution in [2.75, 3.05) is 6.54 Å². The van der Waals surface area contributed by atoms with Crippen molar-refractivity contribution < 1.29 is 0 Å². The van der Waals surface area contributed by atoms with Gasteiger partial charge in [0.25, 0.3) is 0 Å². The van der Waals surface area contributed by atoms with Gasteiger partial charge in [0.2, 0.25) is 0 Å². The molecule has 6 heteroatoms. The summed E-state index contributed by atoms with van der Waals surface area (Å²) in [6.45, 7) is 4.89. The van der Waals surface area contributed by atoms with Crippen molar-refractivity contribution in [1.82, 2.24) is 15.1 Å². The molecule has 17 heavy (non-hydrogen) atoms. The lowest BCUT2D eigenvalue weighted by Gasteiger charge is -2.11. The lowest BCUT2D eigenvalue weighted by Crippen LogP contribution is -2.38. The summed E-state index contributed by atoms with van der Waals surface area (Å²) < 4.78 is 1.85. The molecule has 1 heterocycles. The van der Waals surface area contributed by atoms with Crippen LogP contribution in [0.2, 0.25) is 0 Å². The van der Waals surface area contributed by atoms with Gasteiger partial charge in [-0.3, -0.25) is 9.67 Å². The molecule has 0 aliphatic heterocycles. The number of hydrogen-bond donors (Lipinski definition) is 2. The molecule has 0 amide bonds. The predicted octanol–water partition coefficient (Wildman–Crippen LogP) is 1.28. The van der Waals surface area contributed by atoms with E-state index in [0.717, 1.165) is 12.8 Å². The number of nitrogens with two attached hydrogens (primary N) is 1. The summed E-state index contributed by atoms with van der Waals surface area (Å²) >= 11 is 0. The first-order valence-corrected chi connectivity index (χ1v) is 5.66. The highest BCUT2D eigenvalue weighted by Crippen LogP contribution is 1.97. The van der Waals surface area contributed by atoms with Gasteiger partial charge < -0.3 is 11.1 Å². The molecule has 1 unspecified atom stereocenters. The minimum Gasteiger partial charge on any atom is -0.370 e. The zero-order valence-electron chi connectivity index (χ0n) is 10.7. The Balaban J connectivity index is 0.00000256. The fraction of sp³-hybridized carbons (Fsp3) is 0.636. The van der Waals surface area contributed by atoms with Crippen LogP contribution >= 0.6 is 24.0 Å². The molecule has 0 bridgehead atoms. The van der Waals surface area contributed by atoms with Gasteiger partial charge in [-0.2, -0.15) is 5.10 Å². The van der Waals surface area contributed by atoms with E-state index in [1.165, 1.54) is 5.69 Å². The van der Waals surface area contributed by atoms with Crippen molar-refractivity contribution in [3.05, 3.63) is 18.0 Å². The van der Waals surface area contributed by atoms with Crippen LogP contribution < -0.4 is 11.1 Å². The number of aryl methyl sites for hydroxylation is 1. The number of nitrogens with one attached hydrogen (secondary N) is 1. The zero-order chi connectivity index (χ0) is 12.0.